The van der Waals surface area contributed by atoms with Crippen molar-refractivity contribution in [3.63, 3.8) is 0 Å². The second-order valence-corrected chi connectivity index (χ2v) is 12.6. The fourth-order valence-corrected chi connectivity index (χ4v) is 6.98. The van der Waals surface area contributed by atoms with Crippen molar-refractivity contribution in [1.29, 1.82) is 0 Å². The van der Waals surface area contributed by atoms with Gasteiger partial charge in [0.15, 0.2) is 4.34 Å². The maximum Gasteiger partial charge on any atom is 0.301 e. The molecule has 1 unspecified atom stereocenters. The van der Waals surface area contributed by atoms with Gasteiger partial charge >= 0.3 is 5.91 Å². The number of anilines is 1. The molecule has 0 saturated carbocycles. The number of nitrogens with zero attached hydrogens (tertiary/aromatic N) is 3. The van der Waals surface area contributed by atoms with E-state index in [4.69, 9.17) is 27.9 Å². The van der Waals surface area contributed by atoms with Crippen molar-refractivity contribution in [3.8, 4) is 5.75 Å². The highest BCUT2D eigenvalue weighted by Gasteiger charge is 2.48. The summed E-state index contributed by atoms with van der Waals surface area (Å²) in [5.74, 6) is -0.721. The molecule has 1 fully saturated rings. The lowest BCUT2D eigenvalue weighted by molar-refractivity contribution is -0.132. The maximum absolute atomic E-state index is 13.5. The van der Waals surface area contributed by atoms with E-state index >= 15 is 0 Å². The van der Waals surface area contributed by atoms with E-state index in [1.807, 2.05) is 24.3 Å². The third-order valence-corrected chi connectivity index (χ3v) is 9.34. The molecule has 0 radical (unpaired) electrons. The molecule has 1 amide bonds. The lowest BCUT2D eigenvalue weighted by Gasteiger charge is -2.23. The molecule has 3 aromatic carbocycles. The van der Waals surface area contributed by atoms with E-state index in [-0.39, 0.29) is 16.5 Å². The van der Waals surface area contributed by atoms with Crippen LogP contribution in [0.3, 0.4) is 0 Å². The SMILES string of the molecule is CCCCCOc1cccc(C2/C(=C(\O)c3ccccc3)C(=O)C(=O)N2c2nnc(SCc3ccc(Cl)cc3Cl)s2)c1. The van der Waals surface area contributed by atoms with E-state index in [9.17, 15) is 14.7 Å². The molecule has 1 aliphatic heterocycles. The predicted octanol–water partition coefficient (Wildman–Crippen LogP) is 8.33. The quantitative estimate of drug-likeness (QED) is 0.0440. The molecule has 1 saturated heterocycles. The summed E-state index contributed by atoms with van der Waals surface area (Å²) in [6.07, 6.45) is 3.05. The van der Waals surface area contributed by atoms with Crippen molar-refractivity contribution >= 4 is 68.9 Å². The largest absolute Gasteiger partial charge is 0.507 e. The molecule has 0 spiro atoms. The number of hydrogen-bond acceptors (Lipinski definition) is 8. The van der Waals surface area contributed by atoms with E-state index in [2.05, 4.69) is 17.1 Å². The summed E-state index contributed by atoms with van der Waals surface area (Å²) < 4.78 is 6.55. The normalized spacial score (nSPS) is 16.3. The van der Waals surface area contributed by atoms with Crippen LogP contribution in [0, 0.1) is 0 Å². The maximum atomic E-state index is 13.5. The number of halogens is 2. The van der Waals surface area contributed by atoms with E-state index in [1.54, 1.807) is 48.5 Å². The van der Waals surface area contributed by atoms with Gasteiger partial charge in [-0.1, -0.05) is 115 Å². The fourth-order valence-electron chi connectivity index (χ4n) is 4.55. The van der Waals surface area contributed by atoms with E-state index in [0.29, 0.717) is 43.6 Å². The Labute approximate surface area is 262 Å². The molecule has 11 heteroatoms. The van der Waals surface area contributed by atoms with Crippen molar-refractivity contribution < 1.29 is 19.4 Å². The first kappa shape index (κ1) is 30.1. The zero-order valence-electron chi connectivity index (χ0n) is 22.6. The average Bonchev–Trinajstić information content (AvgIpc) is 3.57. The van der Waals surface area contributed by atoms with Crippen LogP contribution in [0.4, 0.5) is 5.13 Å². The first-order valence-electron chi connectivity index (χ1n) is 13.4. The number of carbonyl (C=O) groups excluding carboxylic acids is 2. The Morgan fingerprint density at radius 3 is 2.60 bits per heavy atom. The molecule has 1 aromatic heterocycles. The van der Waals surface area contributed by atoms with Gasteiger partial charge in [0.05, 0.1) is 18.2 Å². The average molecular weight is 641 g/mol. The fraction of sp³-hybridized carbons (Fsp3) is 0.226. The van der Waals surface area contributed by atoms with Gasteiger partial charge in [-0.2, -0.15) is 0 Å². The van der Waals surface area contributed by atoms with Gasteiger partial charge in [0, 0.05) is 21.4 Å². The van der Waals surface area contributed by atoms with Gasteiger partial charge in [0.25, 0.3) is 5.78 Å². The van der Waals surface area contributed by atoms with Crippen molar-refractivity contribution in [3.05, 3.63) is 105 Å². The number of rotatable bonds is 11. The first-order chi connectivity index (χ1) is 20.4. The summed E-state index contributed by atoms with van der Waals surface area (Å²) in [5.41, 5.74) is 1.89. The third kappa shape index (κ3) is 6.65. The van der Waals surface area contributed by atoms with Gasteiger partial charge in [-0.15, -0.1) is 10.2 Å². The summed E-state index contributed by atoms with van der Waals surface area (Å²) in [6.45, 7) is 2.68. The van der Waals surface area contributed by atoms with Crippen LogP contribution in [0.1, 0.15) is 48.9 Å². The number of hydrogen-bond donors (Lipinski definition) is 1. The number of ether oxygens (including phenoxy) is 1. The van der Waals surface area contributed by atoms with Crippen molar-refractivity contribution in [2.24, 2.45) is 0 Å². The number of amides is 1. The Kier molecular flexibility index (Phi) is 9.84. The molecular weight excluding hydrogens is 613 g/mol. The van der Waals surface area contributed by atoms with E-state index in [0.717, 1.165) is 24.8 Å². The van der Waals surface area contributed by atoms with Gasteiger partial charge in [0.2, 0.25) is 5.13 Å². The van der Waals surface area contributed by atoms with Crippen molar-refractivity contribution in [2.75, 3.05) is 11.5 Å². The lowest BCUT2D eigenvalue weighted by atomic mass is 9.95. The summed E-state index contributed by atoms with van der Waals surface area (Å²) >= 11 is 14.9. The molecule has 4 aromatic rings. The third-order valence-electron chi connectivity index (χ3n) is 6.65. The summed E-state index contributed by atoms with van der Waals surface area (Å²) in [7, 11) is 0. The smallest absolute Gasteiger partial charge is 0.301 e. The van der Waals surface area contributed by atoms with E-state index < -0.39 is 17.7 Å². The Bertz CT molecular complexity index is 1630. The van der Waals surface area contributed by atoms with Crippen molar-refractivity contribution in [2.45, 2.75) is 42.3 Å². The second-order valence-electron chi connectivity index (χ2n) is 9.54. The number of Topliss-reactive ketones (excluding diaryl/α,β-unsaturated/α-hetero) is 1. The Balaban J connectivity index is 1.50. The minimum atomic E-state index is -0.930. The van der Waals surface area contributed by atoms with Crippen LogP contribution in [-0.2, 0) is 15.3 Å². The highest BCUT2D eigenvalue weighted by atomic mass is 35.5. The first-order valence-corrected chi connectivity index (χ1v) is 15.9. The standard InChI is InChI=1S/C31H27Cl2N3O4S2/c1-2-3-7-15-40-23-12-8-11-20(16-23)26-25(27(37)19-9-5-4-6-10-19)28(38)29(39)36(26)30-34-35-31(42-30)41-18-21-13-14-22(32)17-24(21)33/h4-6,8-14,16-17,26,37H,2-3,7,15,18H2,1H3/b27-25+. The van der Waals surface area contributed by atoms with Gasteiger partial charge in [-0.05, 0) is 41.8 Å². The topological polar surface area (TPSA) is 92.6 Å². The van der Waals surface area contributed by atoms with Crippen LogP contribution in [-0.4, -0.2) is 33.6 Å². The molecule has 2 heterocycles. The van der Waals surface area contributed by atoms with Gasteiger partial charge in [-0.25, -0.2) is 0 Å². The van der Waals surface area contributed by atoms with Gasteiger partial charge in [0.1, 0.15) is 11.5 Å². The molecule has 1 N–H and O–H groups in total. The number of benzene rings is 3. The molecule has 0 aliphatic carbocycles. The zero-order chi connectivity index (χ0) is 29.6. The molecular formula is C31H27Cl2N3O4S2. The predicted molar refractivity (Wildman–Crippen MR) is 169 cm³/mol. The second kappa shape index (κ2) is 13.7. The number of aliphatic hydroxyl groups is 1. The van der Waals surface area contributed by atoms with Crippen LogP contribution >= 0.6 is 46.3 Å². The Morgan fingerprint density at radius 2 is 1.83 bits per heavy atom. The highest BCUT2D eigenvalue weighted by molar-refractivity contribution is 8.00. The van der Waals surface area contributed by atoms with E-state index in [1.165, 1.54) is 28.0 Å². The van der Waals surface area contributed by atoms with Crippen molar-refractivity contribution in [1.82, 2.24) is 10.2 Å². The number of thioether (sulfide) groups is 1. The highest BCUT2D eigenvalue weighted by Crippen LogP contribution is 2.44. The Morgan fingerprint density at radius 1 is 1.02 bits per heavy atom. The van der Waals surface area contributed by atoms with Gasteiger partial charge in [-0.3, -0.25) is 14.5 Å². The van der Waals surface area contributed by atoms with Crippen LogP contribution in [0.25, 0.3) is 5.76 Å². The van der Waals surface area contributed by atoms with Crippen LogP contribution in [0.2, 0.25) is 10.0 Å². The number of unbranched alkanes of at least 4 members (excludes halogenated alkanes) is 2. The van der Waals surface area contributed by atoms with Crippen LogP contribution < -0.4 is 9.64 Å². The zero-order valence-corrected chi connectivity index (χ0v) is 25.8. The number of aliphatic hydroxyl groups excluding tert-OH is 1. The molecule has 5 rings (SSSR count). The molecule has 216 valence electrons. The molecule has 1 aliphatic rings. The molecule has 42 heavy (non-hydrogen) atoms. The number of aromatic nitrogens is 2. The summed E-state index contributed by atoms with van der Waals surface area (Å²) in [4.78, 5) is 28.3. The number of carbonyl (C=O) groups is 2. The summed E-state index contributed by atoms with van der Waals surface area (Å²) in [6, 6.07) is 20.3. The molecule has 7 nitrogen and oxygen atoms in total. The minimum Gasteiger partial charge on any atom is -0.507 e. The Hall–Kier alpha value is -3.37. The minimum absolute atomic E-state index is 0.0216. The molecule has 0 bridgehead atoms. The summed E-state index contributed by atoms with van der Waals surface area (Å²) in [5, 5.41) is 21.2. The lowest BCUT2D eigenvalue weighted by Crippen LogP contribution is -2.29. The monoisotopic (exact) mass is 639 g/mol. The van der Waals surface area contributed by atoms with Gasteiger partial charge < -0.3 is 9.84 Å². The number of ketones is 1. The van der Waals surface area contributed by atoms with Crippen LogP contribution in [0.5, 0.6) is 5.75 Å². The van der Waals surface area contributed by atoms with Crippen LogP contribution in [0.15, 0.2) is 82.7 Å². The molecule has 1 atom stereocenters.